The third-order valence-corrected chi connectivity index (χ3v) is 4.56. The molecule has 0 bridgehead atoms. The minimum atomic E-state index is -0.272. The summed E-state index contributed by atoms with van der Waals surface area (Å²) in [5, 5.41) is 6.13. The molecular formula is C23H24N4O2. The van der Waals surface area contributed by atoms with Crippen molar-refractivity contribution in [3.63, 3.8) is 0 Å². The van der Waals surface area contributed by atoms with Gasteiger partial charge in [0.2, 0.25) is 5.96 Å². The van der Waals surface area contributed by atoms with Gasteiger partial charge in [0.15, 0.2) is 0 Å². The van der Waals surface area contributed by atoms with Crippen molar-refractivity contribution >= 4 is 17.6 Å². The number of carbonyl (C=O) groups excluding carboxylic acids is 1. The Morgan fingerprint density at radius 1 is 1.10 bits per heavy atom. The molecule has 148 valence electrons. The third kappa shape index (κ3) is 5.42. The van der Waals surface area contributed by atoms with E-state index in [1.807, 2.05) is 44.2 Å². The number of aryl methyl sites for hydroxylation is 1. The summed E-state index contributed by atoms with van der Waals surface area (Å²) in [6, 6.07) is 16.8. The van der Waals surface area contributed by atoms with Crippen molar-refractivity contribution in [2.24, 2.45) is 4.99 Å². The predicted octanol–water partition coefficient (Wildman–Crippen LogP) is 4.11. The second-order valence-corrected chi connectivity index (χ2v) is 6.58. The minimum absolute atomic E-state index is 0.272. The number of nitrogens with zero attached hydrogens (tertiary/aromatic N) is 2. The maximum absolute atomic E-state index is 12.8. The van der Waals surface area contributed by atoms with Gasteiger partial charge in [0.05, 0.1) is 13.7 Å². The van der Waals surface area contributed by atoms with Gasteiger partial charge in [-0.05, 0) is 60.9 Å². The fraction of sp³-hybridized carbons (Fsp3) is 0.174. The molecule has 0 aliphatic heterocycles. The van der Waals surface area contributed by atoms with Gasteiger partial charge in [-0.3, -0.25) is 15.1 Å². The number of rotatable bonds is 5. The van der Waals surface area contributed by atoms with Crippen LogP contribution in [-0.4, -0.2) is 24.0 Å². The van der Waals surface area contributed by atoms with Crippen LogP contribution in [0.15, 0.2) is 72.0 Å². The number of ether oxygens (including phenoxy) is 1. The number of anilines is 1. The lowest BCUT2D eigenvalue weighted by Gasteiger charge is -2.15. The number of benzene rings is 2. The average molecular weight is 388 g/mol. The van der Waals surface area contributed by atoms with Crippen LogP contribution in [0.3, 0.4) is 0 Å². The molecule has 6 heteroatoms. The van der Waals surface area contributed by atoms with Gasteiger partial charge in [-0.25, -0.2) is 4.99 Å². The van der Waals surface area contributed by atoms with E-state index in [1.165, 1.54) is 0 Å². The Morgan fingerprint density at radius 3 is 2.69 bits per heavy atom. The van der Waals surface area contributed by atoms with Crippen molar-refractivity contribution in [3.05, 3.63) is 89.2 Å². The molecule has 1 aromatic heterocycles. The van der Waals surface area contributed by atoms with Crippen LogP contribution in [0.5, 0.6) is 5.75 Å². The van der Waals surface area contributed by atoms with Crippen LogP contribution in [0.4, 0.5) is 5.69 Å². The van der Waals surface area contributed by atoms with Gasteiger partial charge in [0.1, 0.15) is 5.75 Å². The molecule has 0 aliphatic carbocycles. The molecule has 0 saturated carbocycles. The number of nitrogens with one attached hydrogen (secondary N) is 2. The number of amides is 1. The topological polar surface area (TPSA) is 75.6 Å². The molecule has 2 N–H and O–H groups in total. The summed E-state index contributed by atoms with van der Waals surface area (Å²) >= 11 is 0. The van der Waals surface area contributed by atoms with Crippen molar-refractivity contribution in [1.29, 1.82) is 0 Å². The van der Waals surface area contributed by atoms with Gasteiger partial charge >= 0.3 is 0 Å². The van der Waals surface area contributed by atoms with Crippen LogP contribution in [-0.2, 0) is 6.54 Å². The van der Waals surface area contributed by atoms with Crippen LogP contribution in [0, 0.1) is 13.8 Å². The standard InChI is InChI=1S/C23H24N4O2/c1-16-7-4-11-21(17(16)2)26-23(25-15-18-8-6-12-24-14-18)27-22(28)19-9-5-10-20(13-19)29-3/h4-14H,15H2,1-3H3,(H2,25,26,27,28). The summed E-state index contributed by atoms with van der Waals surface area (Å²) in [6.07, 6.45) is 3.47. The number of pyridine rings is 1. The number of carbonyl (C=O) groups is 1. The maximum Gasteiger partial charge on any atom is 0.258 e. The van der Waals surface area contributed by atoms with Crippen LogP contribution in [0.2, 0.25) is 0 Å². The maximum atomic E-state index is 12.8. The van der Waals surface area contributed by atoms with Crippen molar-refractivity contribution in [3.8, 4) is 5.75 Å². The highest BCUT2D eigenvalue weighted by Crippen LogP contribution is 2.18. The number of guanidine groups is 1. The van der Waals surface area contributed by atoms with E-state index < -0.39 is 0 Å². The summed E-state index contributed by atoms with van der Waals surface area (Å²) in [5.74, 6) is 0.719. The molecule has 0 aliphatic rings. The SMILES string of the molecule is COc1cccc(C(=O)NC(=NCc2cccnc2)Nc2cccc(C)c2C)c1. The summed E-state index contributed by atoms with van der Waals surface area (Å²) in [4.78, 5) is 21.5. The van der Waals surface area contributed by atoms with Gasteiger partial charge in [-0.2, -0.15) is 0 Å². The summed E-state index contributed by atoms with van der Waals surface area (Å²) in [5.41, 5.74) is 4.57. The van der Waals surface area contributed by atoms with E-state index in [0.717, 1.165) is 22.4 Å². The molecule has 2 aromatic carbocycles. The number of aliphatic imine (C=N–C) groups is 1. The van der Waals surface area contributed by atoms with Crippen LogP contribution >= 0.6 is 0 Å². The highest BCUT2D eigenvalue weighted by molar-refractivity contribution is 6.10. The molecule has 0 spiro atoms. The zero-order valence-corrected chi connectivity index (χ0v) is 16.8. The molecule has 29 heavy (non-hydrogen) atoms. The molecule has 0 saturated heterocycles. The summed E-state index contributed by atoms with van der Waals surface area (Å²) in [6.45, 7) is 4.46. The Kier molecular flexibility index (Phi) is 6.58. The van der Waals surface area contributed by atoms with Crippen LogP contribution in [0.1, 0.15) is 27.0 Å². The minimum Gasteiger partial charge on any atom is -0.497 e. The fourth-order valence-corrected chi connectivity index (χ4v) is 2.73. The van der Waals surface area contributed by atoms with Crippen molar-refractivity contribution in [1.82, 2.24) is 10.3 Å². The van der Waals surface area contributed by atoms with Crippen molar-refractivity contribution in [2.75, 3.05) is 12.4 Å². The number of hydrogen-bond acceptors (Lipinski definition) is 4. The lowest BCUT2D eigenvalue weighted by molar-refractivity contribution is 0.0976. The van der Waals surface area contributed by atoms with Gasteiger partial charge in [0.25, 0.3) is 5.91 Å². The zero-order valence-electron chi connectivity index (χ0n) is 16.8. The largest absolute Gasteiger partial charge is 0.497 e. The van der Waals surface area contributed by atoms with Gasteiger partial charge in [-0.15, -0.1) is 0 Å². The highest BCUT2D eigenvalue weighted by atomic mass is 16.5. The van der Waals surface area contributed by atoms with E-state index in [4.69, 9.17) is 4.74 Å². The van der Waals surface area contributed by atoms with E-state index in [-0.39, 0.29) is 5.91 Å². The zero-order chi connectivity index (χ0) is 20.6. The van der Waals surface area contributed by atoms with Gasteiger partial charge < -0.3 is 10.1 Å². The van der Waals surface area contributed by atoms with Gasteiger partial charge in [-0.1, -0.05) is 24.3 Å². The number of hydrogen-bond donors (Lipinski definition) is 2. The highest BCUT2D eigenvalue weighted by Gasteiger charge is 2.11. The van der Waals surface area contributed by atoms with Crippen LogP contribution < -0.4 is 15.4 Å². The number of methoxy groups -OCH3 is 1. The fourth-order valence-electron chi connectivity index (χ4n) is 2.73. The van der Waals surface area contributed by atoms with Gasteiger partial charge in [0, 0.05) is 23.6 Å². The van der Waals surface area contributed by atoms with E-state index in [0.29, 0.717) is 23.8 Å². The first-order valence-corrected chi connectivity index (χ1v) is 9.29. The normalized spacial score (nSPS) is 11.1. The molecule has 3 rings (SSSR count). The molecule has 3 aromatic rings. The Bertz CT molecular complexity index is 1020. The lowest BCUT2D eigenvalue weighted by atomic mass is 10.1. The molecule has 1 heterocycles. The Hall–Kier alpha value is -3.67. The molecule has 0 fully saturated rings. The monoisotopic (exact) mass is 388 g/mol. The van der Waals surface area contributed by atoms with Crippen molar-refractivity contribution < 1.29 is 9.53 Å². The second kappa shape index (κ2) is 9.50. The lowest BCUT2D eigenvalue weighted by Crippen LogP contribution is -2.36. The first kappa shape index (κ1) is 20.1. The molecule has 0 atom stereocenters. The molecule has 1 amide bonds. The number of aromatic nitrogens is 1. The smallest absolute Gasteiger partial charge is 0.258 e. The van der Waals surface area contributed by atoms with E-state index in [1.54, 1.807) is 43.8 Å². The molecule has 0 radical (unpaired) electrons. The van der Waals surface area contributed by atoms with Crippen molar-refractivity contribution in [2.45, 2.75) is 20.4 Å². The Labute approximate surface area is 170 Å². The van der Waals surface area contributed by atoms with E-state index >= 15 is 0 Å². The molecular weight excluding hydrogens is 364 g/mol. The van der Waals surface area contributed by atoms with E-state index in [9.17, 15) is 4.79 Å². The molecule has 6 nitrogen and oxygen atoms in total. The second-order valence-electron chi connectivity index (χ2n) is 6.58. The third-order valence-electron chi connectivity index (χ3n) is 4.56. The Balaban J connectivity index is 1.85. The summed E-state index contributed by atoms with van der Waals surface area (Å²) in [7, 11) is 1.57. The first-order chi connectivity index (χ1) is 14.1. The summed E-state index contributed by atoms with van der Waals surface area (Å²) < 4.78 is 5.21. The average Bonchev–Trinajstić information content (AvgIpc) is 2.76. The first-order valence-electron chi connectivity index (χ1n) is 9.29. The van der Waals surface area contributed by atoms with Crippen LogP contribution in [0.25, 0.3) is 0 Å². The predicted molar refractivity (Wildman–Crippen MR) is 115 cm³/mol. The quantitative estimate of drug-likeness (QED) is 0.510. The molecule has 0 unspecified atom stereocenters. The van der Waals surface area contributed by atoms with E-state index in [2.05, 4.69) is 20.6 Å². The Morgan fingerprint density at radius 2 is 1.93 bits per heavy atom.